The molecule has 0 N–H and O–H groups in total. The molecule has 2 aliphatic heterocycles. The molecule has 0 atom stereocenters. The molecule has 0 radical (unpaired) electrons. The van der Waals surface area contributed by atoms with Gasteiger partial charge in [0.25, 0.3) is 24.4 Å². The van der Waals surface area contributed by atoms with Gasteiger partial charge in [-0.15, -0.1) is 10.2 Å². The number of nitrogens with zero attached hydrogens (tertiary/aromatic N) is 7. The lowest BCUT2D eigenvalue weighted by molar-refractivity contribution is -0.120. The molecule has 0 unspecified atom stereocenters. The van der Waals surface area contributed by atoms with Gasteiger partial charge in [0.15, 0.2) is 5.82 Å². The molecule has 1 amide bonds. The van der Waals surface area contributed by atoms with Crippen molar-refractivity contribution in [1.82, 2.24) is 25.1 Å². The van der Waals surface area contributed by atoms with E-state index in [0.717, 1.165) is 35.9 Å². The summed E-state index contributed by atoms with van der Waals surface area (Å²) in [5.74, 6) is -0.371. The van der Waals surface area contributed by atoms with Crippen LogP contribution in [0, 0.1) is 22.5 Å². The van der Waals surface area contributed by atoms with Crippen molar-refractivity contribution < 1.29 is 27.4 Å². The SMILES string of the molecule is CC(C)N(C(=O)c1cc(F)ccc1Oc1nncnc1N1CC2(CC(Oc3ccnc4c3CB(C#N)C4)C2)C1)C1CC(F)(F)C1. The first-order valence-corrected chi connectivity index (χ1v) is 15.2. The zero-order valence-electron chi connectivity index (χ0n) is 24.9. The summed E-state index contributed by atoms with van der Waals surface area (Å²) in [5, 5.41) is 17.3. The van der Waals surface area contributed by atoms with Gasteiger partial charge in [-0.05, 0) is 63.6 Å². The predicted molar refractivity (Wildman–Crippen MR) is 157 cm³/mol. The van der Waals surface area contributed by atoms with Crippen molar-refractivity contribution in [1.29, 1.82) is 5.26 Å². The molecule has 10 nitrogen and oxygen atoms in total. The van der Waals surface area contributed by atoms with Gasteiger partial charge in [0.05, 0.1) is 5.56 Å². The number of amides is 1. The van der Waals surface area contributed by atoms with Gasteiger partial charge in [-0.1, -0.05) is 0 Å². The second-order valence-corrected chi connectivity index (χ2v) is 13.0. The molecule has 3 aromatic rings. The minimum absolute atomic E-state index is 0.0394. The summed E-state index contributed by atoms with van der Waals surface area (Å²) in [5.41, 5.74) is 1.95. The normalized spacial score (nSPS) is 19.8. The predicted octanol–water partition coefficient (Wildman–Crippen LogP) is 4.63. The van der Waals surface area contributed by atoms with Crippen molar-refractivity contribution >= 4 is 18.4 Å². The van der Waals surface area contributed by atoms with E-state index in [9.17, 15) is 23.2 Å². The molecule has 45 heavy (non-hydrogen) atoms. The minimum Gasteiger partial charge on any atom is -0.490 e. The quantitative estimate of drug-likeness (QED) is 0.334. The highest BCUT2D eigenvalue weighted by atomic mass is 19.3. The van der Waals surface area contributed by atoms with Gasteiger partial charge in [-0.25, -0.2) is 23.4 Å². The van der Waals surface area contributed by atoms with Crippen LogP contribution in [0.2, 0.25) is 0 Å². The Hall–Kier alpha value is -4.41. The third kappa shape index (κ3) is 5.42. The van der Waals surface area contributed by atoms with Crippen LogP contribution < -0.4 is 14.4 Å². The van der Waals surface area contributed by atoms with Crippen molar-refractivity contribution in [3.8, 4) is 23.3 Å². The number of pyridine rings is 1. The van der Waals surface area contributed by atoms with E-state index >= 15 is 0 Å². The first kappa shape index (κ1) is 29.3. The van der Waals surface area contributed by atoms with Gasteiger partial charge in [0.1, 0.15) is 29.7 Å². The molecule has 7 rings (SSSR count). The second kappa shape index (κ2) is 10.9. The number of fused-ring (bicyclic) bond motifs is 1. The lowest BCUT2D eigenvalue weighted by Gasteiger charge is -2.58. The Morgan fingerprint density at radius 3 is 2.62 bits per heavy atom. The number of alkyl halides is 2. The molecular formula is C31H31BF3N7O3. The molecule has 2 aromatic heterocycles. The first-order valence-electron chi connectivity index (χ1n) is 15.2. The van der Waals surface area contributed by atoms with Gasteiger partial charge < -0.3 is 19.3 Å². The molecule has 1 saturated heterocycles. The highest BCUT2D eigenvalue weighted by Gasteiger charge is 2.55. The highest BCUT2D eigenvalue weighted by Crippen LogP contribution is 2.52. The molecule has 1 spiro atoms. The average molecular weight is 617 g/mol. The van der Waals surface area contributed by atoms with Crippen LogP contribution in [0.15, 0.2) is 36.8 Å². The number of ether oxygens (including phenoxy) is 2. The standard InChI is InChI=1S/C31H31BF3N7O3/c1-18(2)42(20-8-31(34,35)9-20)29(43)22-7-19(33)3-4-25(22)45-28-27(38-17-39-40-28)41-14-30(15-41)10-21(11-30)44-26-5-6-37-24-13-32(16-36)12-23(24)26/h3-7,17-18,20-21H,8-15H2,1-2H3. The van der Waals surface area contributed by atoms with E-state index in [4.69, 9.17) is 9.47 Å². The van der Waals surface area contributed by atoms with Crippen molar-refractivity contribution in [2.45, 2.75) is 76.3 Å². The molecule has 3 fully saturated rings. The second-order valence-electron chi connectivity index (χ2n) is 13.0. The van der Waals surface area contributed by atoms with E-state index in [2.05, 4.69) is 26.1 Å². The summed E-state index contributed by atoms with van der Waals surface area (Å²) >= 11 is 0. The van der Waals surface area contributed by atoms with E-state index in [-0.39, 0.29) is 41.5 Å². The van der Waals surface area contributed by atoms with Gasteiger partial charge in [0, 0.05) is 66.9 Å². The van der Waals surface area contributed by atoms with E-state index in [0.29, 0.717) is 31.5 Å². The molecule has 14 heteroatoms. The topological polar surface area (TPSA) is 117 Å². The third-order valence-electron chi connectivity index (χ3n) is 9.34. The van der Waals surface area contributed by atoms with E-state index in [1.807, 2.05) is 11.0 Å². The third-order valence-corrected chi connectivity index (χ3v) is 9.34. The lowest BCUT2D eigenvalue weighted by Crippen LogP contribution is -2.65. The van der Waals surface area contributed by atoms with Crippen LogP contribution in [0.4, 0.5) is 19.0 Å². The Labute approximate surface area is 258 Å². The molecule has 2 saturated carbocycles. The Morgan fingerprint density at radius 2 is 1.91 bits per heavy atom. The number of hydrogen-bond donors (Lipinski definition) is 0. The summed E-state index contributed by atoms with van der Waals surface area (Å²) in [6.45, 7) is 4.81. The van der Waals surface area contributed by atoms with Crippen LogP contribution in [0.3, 0.4) is 0 Å². The monoisotopic (exact) mass is 617 g/mol. The van der Waals surface area contributed by atoms with Gasteiger partial charge in [-0.3, -0.25) is 9.78 Å². The largest absolute Gasteiger partial charge is 0.490 e. The van der Waals surface area contributed by atoms with Gasteiger partial charge in [-0.2, -0.15) is 0 Å². The molecule has 0 bridgehead atoms. The number of halogens is 3. The highest BCUT2D eigenvalue weighted by molar-refractivity contribution is 6.67. The minimum atomic E-state index is -2.82. The Morgan fingerprint density at radius 1 is 1.13 bits per heavy atom. The Bertz CT molecular complexity index is 1680. The van der Waals surface area contributed by atoms with Crippen LogP contribution in [0.1, 0.15) is 61.1 Å². The summed E-state index contributed by atoms with van der Waals surface area (Å²) < 4.78 is 54.1. The molecule has 2 aliphatic carbocycles. The maximum Gasteiger partial charge on any atom is 0.282 e. The van der Waals surface area contributed by atoms with Crippen LogP contribution in [0.5, 0.6) is 17.4 Å². The fourth-order valence-corrected chi connectivity index (χ4v) is 7.20. The van der Waals surface area contributed by atoms with Crippen molar-refractivity contribution in [2.24, 2.45) is 5.41 Å². The number of nitriles is 1. The number of aromatic nitrogens is 4. The molecule has 4 heterocycles. The van der Waals surface area contributed by atoms with E-state index in [1.54, 1.807) is 20.0 Å². The first-order chi connectivity index (χ1) is 21.5. The number of carbonyl (C=O) groups excluding carboxylic acids is 1. The zero-order valence-corrected chi connectivity index (χ0v) is 24.9. The average Bonchev–Trinajstić information content (AvgIpc) is 3.38. The summed E-state index contributed by atoms with van der Waals surface area (Å²) in [6, 6.07) is 4.39. The molecular weight excluding hydrogens is 586 g/mol. The van der Waals surface area contributed by atoms with Crippen molar-refractivity contribution in [2.75, 3.05) is 18.0 Å². The smallest absolute Gasteiger partial charge is 0.282 e. The van der Waals surface area contributed by atoms with E-state index < -0.39 is 36.5 Å². The Kier molecular flexibility index (Phi) is 7.09. The Balaban J connectivity index is 1.03. The number of hydrogen-bond acceptors (Lipinski definition) is 9. The van der Waals surface area contributed by atoms with Crippen molar-refractivity contribution in [3.05, 3.63) is 59.4 Å². The summed E-state index contributed by atoms with van der Waals surface area (Å²) in [6.07, 6.45) is 5.29. The zero-order chi connectivity index (χ0) is 31.5. The molecule has 1 aromatic carbocycles. The number of benzene rings is 1. The van der Waals surface area contributed by atoms with Crippen LogP contribution in [0.25, 0.3) is 0 Å². The van der Waals surface area contributed by atoms with Crippen molar-refractivity contribution in [3.63, 3.8) is 0 Å². The fourth-order valence-electron chi connectivity index (χ4n) is 7.20. The summed E-state index contributed by atoms with van der Waals surface area (Å²) in [7, 11) is 0. The molecule has 4 aliphatic rings. The van der Waals surface area contributed by atoms with Crippen LogP contribution in [-0.4, -0.2) is 74.9 Å². The van der Waals surface area contributed by atoms with Gasteiger partial charge in [0.2, 0.25) is 0 Å². The number of rotatable bonds is 8. The van der Waals surface area contributed by atoms with Crippen LogP contribution in [-0.2, 0) is 12.6 Å². The maximum absolute atomic E-state index is 14.4. The maximum atomic E-state index is 14.4. The fraction of sp³-hybridized carbons (Fsp3) is 0.484. The van der Waals surface area contributed by atoms with E-state index in [1.165, 1.54) is 23.4 Å². The number of anilines is 1. The van der Waals surface area contributed by atoms with Crippen LogP contribution >= 0.6 is 0 Å². The summed E-state index contributed by atoms with van der Waals surface area (Å²) in [4.78, 5) is 25.8. The number of carbonyl (C=O) groups is 1. The molecule has 232 valence electrons. The lowest BCUT2D eigenvalue weighted by atomic mass is 9.49. The van der Waals surface area contributed by atoms with Gasteiger partial charge >= 0.3 is 0 Å².